The predicted octanol–water partition coefficient (Wildman–Crippen LogP) is 2.38. The van der Waals surface area contributed by atoms with Crippen LogP contribution in [0.1, 0.15) is 0 Å². The van der Waals surface area contributed by atoms with Gasteiger partial charge >= 0.3 is 5.63 Å². The van der Waals surface area contributed by atoms with Crippen molar-refractivity contribution in [2.75, 3.05) is 38.3 Å². The Morgan fingerprint density at radius 2 is 2.00 bits per heavy atom. The summed E-state index contributed by atoms with van der Waals surface area (Å²) in [6, 6.07) is 5.10. The molecule has 1 aromatic carbocycles. The summed E-state index contributed by atoms with van der Waals surface area (Å²) < 4.78 is 21.8. The molecule has 1 fully saturated rings. The van der Waals surface area contributed by atoms with Crippen LogP contribution in [0.25, 0.3) is 21.9 Å². The first-order chi connectivity index (χ1) is 10.8. The Morgan fingerprint density at radius 1 is 1.18 bits per heavy atom. The van der Waals surface area contributed by atoms with Crippen LogP contribution < -0.4 is 15.3 Å². The highest BCUT2D eigenvalue weighted by Crippen LogP contribution is 2.40. The second-order valence-corrected chi connectivity index (χ2v) is 5.17. The van der Waals surface area contributed by atoms with Gasteiger partial charge in [0, 0.05) is 25.2 Å². The van der Waals surface area contributed by atoms with Crippen molar-refractivity contribution in [3.8, 4) is 5.75 Å². The second kappa shape index (κ2) is 5.06. The van der Waals surface area contributed by atoms with Crippen LogP contribution in [0, 0.1) is 0 Å². The van der Waals surface area contributed by atoms with E-state index in [0.717, 1.165) is 29.5 Å². The number of anilines is 1. The lowest BCUT2D eigenvalue weighted by atomic mass is 10.1. The van der Waals surface area contributed by atoms with E-state index < -0.39 is 0 Å². The van der Waals surface area contributed by atoms with Crippen molar-refractivity contribution in [3.05, 3.63) is 34.9 Å². The fourth-order valence-electron chi connectivity index (χ4n) is 2.97. The number of hydrogen-bond acceptors (Lipinski definition) is 6. The largest absolute Gasteiger partial charge is 0.495 e. The number of morpholine rings is 1. The molecule has 0 N–H and O–H groups in total. The predicted molar refractivity (Wildman–Crippen MR) is 81.8 cm³/mol. The molecule has 0 unspecified atom stereocenters. The highest BCUT2D eigenvalue weighted by atomic mass is 16.5. The molecule has 2 aromatic heterocycles. The molecule has 0 saturated carbocycles. The Labute approximate surface area is 125 Å². The lowest BCUT2D eigenvalue weighted by Crippen LogP contribution is -2.36. The topological polar surface area (TPSA) is 65.1 Å². The first-order valence-electron chi connectivity index (χ1n) is 7.12. The molecule has 3 heterocycles. The van der Waals surface area contributed by atoms with E-state index in [0.29, 0.717) is 30.1 Å². The number of ether oxygens (including phenoxy) is 2. The molecule has 0 atom stereocenters. The number of furan rings is 1. The smallest absolute Gasteiger partial charge is 0.338 e. The normalized spacial score (nSPS) is 15.6. The van der Waals surface area contributed by atoms with Crippen molar-refractivity contribution >= 4 is 27.6 Å². The molecule has 0 bridgehead atoms. The van der Waals surface area contributed by atoms with Crippen LogP contribution in [0.2, 0.25) is 0 Å². The van der Waals surface area contributed by atoms with Crippen molar-refractivity contribution in [1.29, 1.82) is 0 Å². The van der Waals surface area contributed by atoms with E-state index in [4.69, 9.17) is 18.3 Å². The number of benzene rings is 1. The number of hydrogen-bond donors (Lipinski definition) is 0. The van der Waals surface area contributed by atoms with E-state index in [1.807, 2.05) is 6.07 Å². The van der Waals surface area contributed by atoms with E-state index in [-0.39, 0.29) is 5.63 Å². The highest BCUT2D eigenvalue weighted by molar-refractivity contribution is 6.06. The summed E-state index contributed by atoms with van der Waals surface area (Å²) >= 11 is 0. The monoisotopic (exact) mass is 301 g/mol. The van der Waals surface area contributed by atoms with E-state index in [9.17, 15) is 4.79 Å². The molecule has 0 amide bonds. The van der Waals surface area contributed by atoms with Gasteiger partial charge in [-0.1, -0.05) is 0 Å². The van der Waals surface area contributed by atoms with Gasteiger partial charge in [-0.15, -0.1) is 0 Å². The van der Waals surface area contributed by atoms with Gasteiger partial charge in [-0.25, -0.2) is 4.79 Å². The zero-order valence-corrected chi connectivity index (χ0v) is 12.1. The summed E-state index contributed by atoms with van der Waals surface area (Å²) in [5.41, 5.74) is 1.52. The molecule has 1 aliphatic heterocycles. The van der Waals surface area contributed by atoms with Gasteiger partial charge in [0.25, 0.3) is 0 Å². The Bertz CT molecular complexity index is 889. The number of nitrogens with zero attached hydrogens (tertiary/aromatic N) is 1. The molecule has 1 aliphatic rings. The van der Waals surface area contributed by atoms with Crippen LogP contribution in [0.15, 0.2) is 38.1 Å². The van der Waals surface area contributed by atoms with Crippen molar-refractivity contribution in [1.82, 2.24) is 0 Å². The van der Waals surface area contributed by atoms with Crippen LogP contribution in [-0.2, 0) is 4.74 Å². The van der Waals surface area contributed by atoms with Crippen LogP contribution in [0.5, 0.6) is 5.75 Å². The minimum atomic E-state index is -0.387. The summed E-state index contributed by atoms with van der Waals surface area (Å²) in [7, 11) is 1.61. The molecular weight excluding hydrogens is 286 g/mol. The molecule has 0 aliphatic carbocycles. The Balaban J connectivity index is 2.07. The zero-order chi connectivity index (χ0) is 15.1. The van der Waals surface area contributed by atoms with E-state index in [1.165, 1.54) is 6.07 Å². The standard InChI is InChI=1S/C16H15NO5/c1-19-16-10-2-5-21-12(10)9-13-15(16)11(8-14(18)22-13)17-3-6-20-7-4-17/h2,5,8-9H,3-4,6-7H2,1H3. The van der Waals surface area contributed by atoms with Gasteiger partial charge in [0.2, 0.25) is 0 Å². The molecule has 114 valence electrons. The third-order valence-corrected chi connectivity index (χ3v) is 3.95. The lowest BCUT2D eigenvalue weighted by molar-refractivity contribution is 0.123. The molecule has 6 heteroatoms. The SMILES string of the molecule is COc1c2ccoc2cc2oc(=O)cc(N3CCOCC3)c12. The third kappa shape index (κ3) is 1.95. The molecule has 6 nitrogen and oxygen atoms in total. The van der Waals surface area contributed by atoms with Gasteiger partial charge in [-0.2, -0.15) is 0 Å². The summed E-state index contributed by atoms with van der Waals surface area (Å²) in [4.78, 5) is 14.0. The van der Waals surface area contributed by atoms with Gasteiger partial charge in [0.15, 0.2) is 0 Å². The van der Waals surface area contributed by atoms with Gasteiger partial charge in [0.1, 0.15) is 16.9 Å². The molecule has 0 spiro atoms. The third-order valence-electron chi connectivity index (χ3n) is 3.95. The minimum absolute atomic E-state index is 0.387. The first kappa shape index (κ1) is 13.2. The molecule has 22 heavy (non-hydrogen) atoms. The summed E-state index contributed by atoms with van der Waals surface area (Å²) in [5, 5.41) is 1.65. The number of rotatable bonds is 2. The quantitative estimate of drug-likeness (QED) is 0.677. The minimum Gasteiger partial charge on any atom is -0.495 e. The van der Waals surface area contributed by atoms with Crippen LogP contribution in [-0.4, -0.2) is 33.4 Å². The van der Waals surface area contributed by atoms with Gasteiger partial charge in [-0.3, -0.25) is 0 Å². The molecular formula is C16H15NO5. The fourth-order valence-corrected chi connectivity index (χ4v) is 2.97. The zero-order valence-electron chi connectivity index (χ0n) is 12.1. The average molecular weight is 301 g/mol. The van der Waals surface area contributed by atoms with Crippen LogP contribution >= 0.6 is 0 Å². The fraction of sp³-hybridized carbons (Fsp3) is 0.312. The molecule has 1 saturated heterocycles. The maximum Gasteiger partial charge on any atom is 0.338 e. The summed E-state index contributed by atoms with van der Waals surface area (Å²) in [6.45, 7) is 2.73. The van der Waals surface area contributed by atoms with E-state index in [1.54, 1.807) is 19.4 Å². The van der Waals surface area contributed by atoms with Gasteiger partial charge in [0.05, 0.1) is 43.0 Å². The maximum atomic E-state index is 11.9. The van der Waals surface area contributed by atoms with Gasteiger partial charge < -0.3 is 23.2 Å². The Kier molecular flexibility index (Phi) is 3.04. The van der Waals surface area contributed by atoms with Crippen molar-refractivity contribution in [2.45, 2.75) is 0 Å². The van der Waals surface area contributed by atoms with Crippen molar-refractivity contribution in [2.24, 2.45) is 0 Å². The Morgan fingerprint density at radius 3 is 2.77 bits per heavy atom. The van der Waals surface area contributed by atoms with E-state index >= 15 is 0 Å². The second-order valence-electron chi connectivity index (χ2n) is 5.17. The van der Waals surface area contributed by atoms with Crippen LogP contribution in [0.3, 0.4) is 0 Å². The van der Waals surface area contributed by atoms with E-state index in [2.05, 4.69) is 4.90 Å². The van der Waals surface area contributed by atoms with Crippen molar-refractivity contribution in [3.63, 3.8) is 0 Å². The maximum absolute atomic E-state index is 11.9. The molecule has 4 rings (SSSR count). The number of methoxy groups -OCH3 is 1. The van der Waals surface area contributed by atoms with Crippen LogP contribution in [0.4, 0.5) is 5.69 Å². The first-order valence-corrected chi connectivity index (χ1v) is 7.12. The lowest BCUT2D eigenvalue weighted by Gasteiger charge is -2.29. The molecule has 3 aromatic rings. The van der Waals surface area contributed by atoms with Gasteiger partial charge in [-0.05, 0) is 6.07 Å². The summed E-state index contributed by atoms with van der Waals surface area (Å²) in [5.74, 6) is 0.659. The van der Waals surface area contributed by atoms with Crippen molar-refractivity contribution < 1.29 is 18.3 Å². The highest BCUT2D eigenvalue weighted by Gasteiger charge is 2.21. The summed E-state index contributed by atoms with van der Waals surface area (Å²) in [6.07, 6.45) is 1.60. The molecule has 0 radical (unpaired) electrons. The number of fused-ring (bicyclic) bond motifs is 2. The average Bonchev–Trinajstić information content (AvgIpc) is 3.00. The Hall–Kier alpha value is -2.47.